The number of imidazole rings is 1. The van der Waals surface area contributed by atoms with Crippen LogP contribution in [0.25, 0.3) is 11.3 Å². The van der Waals surface area contributed by atoms with Gasteiger partial charge in [0.1, 0.15) is 0 Å². The Labute approximate surface area is 81.8 Å². The molecular formula is C11H12N2O. The van der Waals surface area contributed by atoms with Crippen LogP contribution < -0.4 is 5.69 Å². The van der Waals surface area contributed by atoms with Gasteiger partial charge < -0.3 is 9.97 Å². The Morgan fingerprint density at radius 2 is 1.64 bits per heavy atom. The van der Waals surface area contributed by atoms with Crippen molar-refractivity contribution in [2.45, 2.75) is 13.8 Å². The van der Waals surface area contributed by atoms with Gasteiger partial charge in [0.2, 0.25) is 0 Å². The first-order chi connectivity index (χ1) is 6.66. The smallest absolute Gasteiger partial charge is 0.310 e. The van der Waals surface area contributed by atoms with E-state index in [0.29, 0.717) is 0 Å². The van der Waals surface area contributed by atoms with Crippen molar-refractivity contribution < 1.29 is 0 Å². The highest BCUT2D eigenvalue weighted by Gasteiger charge is 2.04. The van der Waals surface area contributed by atoms with Gasteiger partial charge in [0.15, 0.2) is 0 Å². The molecule has 2 rings (SSSR count). The van der Waals surface area contributed by atoms with Gasteiger partial charge in [-0.15, -0.1) is 0 Å². The van der Waals surface area contributed by atoms with Gasteiger partial charge >= 0.3 is 5.69 Å². The van der Waals surface area contributed by atoms with Gasteiger partial charge in [0.05, 0.1) is 5.69 Å². The molecule has 0 saturated heterocycles. The van der Waals surface area contributed by atoms with Crippen LogP contribution in [0.1, 0.15) is 11.3 Å². The molecule has 14 heavy (non-hydrogen) atoms. The molecule has 1 aromatic carbocycles. The number of benzene rings is 1. The van der Waals surface area contributed by atoms with Gasteiger partial charge in [-0.05, 0) is 19.4 Å². The lowest BCUT2D eigenvalue weighted by atomic mass is 10.1. The molecular weight excluding hydrogens is 176 g/mol. The van der Waals surface area contributed by atoms with E-state index < -0.39 is 0 Å². The molecule has 3 nitrogen and oxygen atoms in total. The maximum Gasteiger partial charge on any atom is 0.323 e. The Kier molecular flexibility index (Phi) is 2.00. The third kappa shape index (κ3) is 1.48. The molecule has 1 heterocycles. The second kappa shape index (κ2) is 3.18. The van der Waals surface area contributed by atoms with Crippen LogP contribution in [0.3, 0.4) is 0 Å². The third-order valence-corrected chi connectivity index (χ3v) is 2.25. The second-order valence-electron chi connectivity index (χ2n) is 3.45. The first-order valence-electron chi connectivity index (χ1n) is 4.53. The SMILES string of the molecule is Cc1ccc(-c2[nH]c(=O)[nH]c2C)cc1. The van der Waals surface area contributed by atoms with Gasteiger partial charge in [0, 0.05) is 5.69 Å². The largest absolute Gasteiger partial charge is 0.323 e. The van der Waals surface area contributed by atoms with Crippen molar-refractivity contribution in [2.75, 3.05) is 0 Å². The van der Waals surface area contributed by atoms with Gasteiger partial charge in [0.25, 0.3) is 0 Å². The van der Waals surface area contributed by atoms with E-state index in [1.54, 1.807) is 0 Å². The van der Waals surface area contributed by atoms with Crippen LogP contribution in [0.4, 0.5) is 0 Å². The first-order valence-corrected chi connectivity index (χ1v) is 4.53. The van der Waals surface area contributed by atoms with Crippen LogP contribution in [0.2, 0.25) is 0 Å². The monoisotopic (exact) mass is 188 g/mol. The standard InChI is InChI=1S/C11H12N2O/c1-7-3-5-9(6-4-7)10-8(2)12-11(14)13-10/h3-6H,1-2H3,(H2,12,13,14). The summed E-state index contributed by atoms with van der Waals surface area (Å²) >= 11 is 0. The molecule has 0 aliphatic heterocycles. The van der Waals surface area contributed by atoms with E-state index >= 15 is 0 Å². The lowest BCUT2D eigenvalue weighted by Crippen LogP contribution is -2.00. The fourth-order valence-electron chi connectivity index (χ4n) is 1.48. The minimum Gasteiger partial charge on any atom is -0.310 e. The number of hydrogen-bond acceptors (Lipinski definition) is 1. The van der Waals surface area contributed by atoms with E-state index in [1.807, 2.05) is 38.1 Å². The van der Waals surface area contributed by atoms with Crippen molar-refractivity contribution >= 4 is 0 Å². The van der Waals surface area contributed by atoms with Crippen LogP contribution >= 0.6 is 0 Å². The number of aromatic nitrogens is 2. The highest BCUT2D eigenvalue weighted by molar-refractivity contribution is 5.61. The Morgan fingerprint density at radius 3 is 2.14 bits per heavy atom. The molecule has 2 aromatic rings. The molecule has 0 amide bonds. The fraction of sp³-hybridized carbons (Fsp3) is 0.182. The summed E-state index contributed by atoms with van der Waals surface area (Å²) in [6.07, 6.45) is 0. The molecule has 0 aliphatic carbocycles. The summed E-state index contributed by atoms with van der Waals surface area (Å²) in [7, 11) is 0. The van der Waals surface area contributed by atoms with Crippen molar-refractivity contribution in [3.63, 3.8) is 0 Å². The molecule has 0 atom stereocenters. The predicted molar refractivity (Wildman–Crippen MR) is 56.3 cm³/mol. The van der Waals surface area contributed by atoms with Crippen molar-refractivity contribution in [1.29, 1.82) is 0 Å². The molecule has 2 N–H and O–H groups in total. The Hall–Kier alpha value is -1.77. The average molecular weight is 188 g/mol. The zero-order chi connectivity index (χ0) is 10.1. The van der Waals surface area contributed by atoms with Crippen molar-refractivity contribution in [1.82, 2.24) is 9.97 Å². The molecule has 0 saturated carbocycles. The third-order valence-electron chi connectivity index (χ3n) is 2.25. The highest BCUT2D eigenvalue weighted by atomic mass is 16.1. The van der Waals surface area contributed by atoms with E-state index in [0.717, 1.165) is 17.0 Å². The van der Waals surface area contributed by atoms with E-state index in [9.17, 15) is 4.79 Å². The molecule has 0 bridgehead atoms. The van der Waals surface area contributed by atoms with E-state index in [1.165, 1.54) is 5.56 Å². The molecule has 0 aliphatic rings. The topological polar surface area (TPSA) is 48.6 Å². The lowest BCUT2D eigenvalue weighted by molar-refractivity contribution is 1.16. The van der Waals surface area contributed by atoms with E-state index in [2.05, 4.69) is 9.97 Å². The number of H-pyrrole nitrogens is 2. The summed E-state index contributed by atoms with van der Waals surface area (Å²) in [6, 6.07) is 8.06. The number of hydrogen-bond donors (Lipinski definition) is 2. The normalized spacial score (nSPS) is 10.4. The number of rotatable bonds is 1. The van der Waals surface area contributed by atoms with E-state index in [-0.39, 0.29) is 5.69 Å². The van der Waals surface area contributed by atoms with Crippen LogP contribution in [-0.4, -0.2) is 9.97 Å². The summed E-state index contributed by atoms with van der Waals surface area (Å²) in [4.78, 5) is 16.5. The van der Waals surface area contributed by atoms with Crippen LogP contribution in [-0.2, 0) is 0 Å². The van der Waals surface area contributed by atoms with Gasteiger partial charge in [-0.2, -0.15) is 0 Å². The maximum absolute atomic E-state index is 11.0. The number of nitrogens with one attached hydrogen (secondary N) is 2. The van der Waals surface area contributed by atoms with Crippen molar-refractivity contribution in [2.24, 2.45) is 0 Å². The molecule has 0 radical (unpaired) electrons. The molecule has 1 aromatic heterocycles. The molecule has 0 unspecified atom stereocenters. The predicted octanol–water partition coefficient (Wildman–Crippen LogP) is 1.99. The molecule has 0 spiro atoms. The van der Waals surface area contributed by atoms with Crippen LogP contribution in [0.5, 0.6) is 0 Å². The van der Waals surface area contributed by atoms with E-state index in [4.69, 9.17) is 0 Å². The Morgan fingerprint density at radius 1 is 1.00 bits per heavy atom. The van der Waals surface area contributed by atoms with Crippen LogP contribution in [0, 0.1) is 13.8 Å². The Bertz CT molecular complexity index is 491. The molecule has 72 valence electrons. The summed E-state index contributed by atoms with van der Waals surface area (Å²) in [5.74, 6) is 0. The quantitative estimate of drug-likeness (QED) is 0.706. The molecule has 3 heteroatoms. The van der Waals surface area contributed by atoms with Gasteiger partial charge in [-0.1, -0.05) is 29.8 Å². The summed E-state index contributed by atoms with van der Waals surface area (Å²) in [6.45, 7) is 3.92. The number of aryl methyl sites for hydroxylation is 2. The first kappa shape index (κ1) is 8.81. The summed E-state index contributed by atoms with van der Waals surface area (Å²) < 4.78 is 0. The van der Waals surface area contributed by atoms with Gasteiger partial charge in [-0.3, -0.25) is 0 Å². The second-order valence-corrected chi connectivity index (χ2v) is 3.45. The van der Waals surface area contributed by atoms with Crippen molar-refractivity contribution in [3.05, 3.63) is 46.0 Å². The fourth-order valence-corrected chi connectivity index (χ4v) is 1.48. The van der Waals surface area contributed by atoms with Crippen LogP contribution in [0.15, 0.2) is 29.1 Å². The minimum absolute atomic E-state index is 0.155. The van der Waals surface area contributed by atoms with Gasteiger partial charge in [-0.25, -0.2) is 4.79 Å². The highest BCUT2D eigenvalue weighted by Crippen LogP contribution is 2.18. The van der Waals surface area contributed by atoms with Crippen molar-refractivity contribution in [3.8, 4) is 11.3 Å². The summed E-state index contributed by atoms with van der Waals surface area (Å²) in [5, 5.41) is 0. The maximum atomic E-state index is 11.0. The lowest BCUT2D eigenvalue weighted by Gasteiger charge is -1.99. The zero-order valence-corrected chi connectivity index (χ0v) is 8.22. The minimum atomic E-state index is -0.155. The zero-order valence-electron chi connectivity index (χ0n) is 8.22. The average Bonchev–Trinajstić information content (AvgIpc) is 2.47. The summed E-state index contributed by atoms with van der Waals surface area (Å²) in [5.41, 5.74) is 3.84. The number of aromatic amines is 2. The Balaban J connectivity index is 2.54. The molecule has 0 fully saturated rings.